The van der Waals surface area contributed by atoms with Crippen molar-refractivity contribution in [2.24, 2.45) is 4.99 Å². The van der Waals surface area contributed by atoms with E-state index < -0.39 is 0 Å². The molecule has 0 spiro atoms. The number of benzene rings is 3. The summed E-state index contributed by atoms with van der Waals surface area (Å²) in [7, 11) is 0. The van der Waals surface area contributed by atoms with E-state index in [0.29, 0.717) is 5.02 Å². The molecule has 0 aliphatic rings. The lowest BCUT2D eigenvalue weighted by Gasteiger charge is -2.04. The predicted molar refractivity (Wildman–Crippen MR) is 111 cm³/mol. The number of thioether (sulfide) groups is 1. The molecule has 4 heteroatoms. The van der Waals surface area contributed by atoms with Crippen LogP contribution in [-0.2, 0) is 0 Å². The van der Waals surface area contributed by atoms with Gasteiger partial charge in [-0.1, -0.05) is 77.4 Å². The van der Waals surface area contributed by atoms with Gasteiger partial charge in [-0.25, -0.2) is 4.99 Å². The fraction of sp³-hybridized carbons (Fsp3) is 0. The SMILES string of the molecule is Clc1cccc(C(C=CSc2ccccc2Cl)=Nc2ccccc2)c1. The van der Waals surface area contributed by atoms with Gasteiger partial charge in [-0.05, 0) is 47.9 Å². The normalized spacial score (nSPS) is 11.8. The quantitative estimate of drug-likeness (QED) is 0.329. The highest BCUT2D eigenvalue weighted by molar-refractivity contribution is 8.02. The van der Waals surface area contributed by atoms with E-state index in [9.17, 15) is 0 Å². The monoisotopic (exact) mass is 383 g/mol. The van der Waals surface area contributed by atoms with Crippen LogP contribution in [-0.4, -0.2) is 5.71 Å². The molecule has 25 heavy (non-hydrogen) atoms. The second-order valence-corrected chi connectivity index (χ2v) is 6.99. The van der Waals surface area contributed by atoms with Crippen LogP contribution in [0.25, 0.3) is 0 Å². The van der Waals surface area contributed by atoms with Crippen LogP contribution in [0.3, 0.4) is 0 Å². The summed E-state index contributed by atoms with van der Waals surface area (Å²) < 4.78 is 0. The standard InChI is InChI=1S/C21H15Cl2NS/c22-17-8-6-7-16(15-17)20(24-18-9-2-1-3-10-18)13-14-25-21-12-5-4-11-19(21)23/h1-15H. The Morgan fingerprint density at radius 3 is 2.36 bits per heavy atom. The van der Waals surface area contributed by atoms with Gasteiger partial charge in [-0.3, -0.25) is 0 Å². The van der Waals surface area contributed by atoms with Crippen LogP contribution in [0.15, 0.2) is 100 Å². The summed E-state index contributed by atoms with van der Waals surface area (Å²) in [6.07, 6.45) is 1.98. The van der Waals surface area contributed by atoms with E-state index in [4.69, 9.17) is 28.2 Å². The smallest absolute Gasteiger partial charge is 0.0715 e. The van der Waals surface area contributed by atoms with E-state index in [-0.39, 0.29) is 0 Å². The average molecular weight is 384 g/mol. The summed E-state index contributed by atoms with van der Waals surface area (Å²) in [5.74, 6) is 0. The minimum atomic E-state index is 0.686. The lowest BCUT2D eigenvalue weighted by atomic mass is 10.1. The Balaban J connectivity index is 1.90. The van der Waals surface area contributed by atoms with Crippen LogP contribution in [0.4, 0.5) is 5.69 Å². The van der Waals surface area contributed by atoms with Gasteiger partial charge >= 0.3 is 0 Å². The van der Waals surface area contributed by atoms with E-state index in [1.807, 2.05) is 90.3 Å². The Morgan fingerprint density at radius 1 is 0.840 bits per heavy atom. The molecule has 0 fully saturated rings. The zero-order valence-corrected chi connectivity index (χ0v) is 15.6. The third-order valence-electron chi connectivity index (χ3n) is 3.38. The van der Waals surface area contributed by atoms with Gasteiger partial charge in [0.05, 0.1) is 16.4 Å². The van der Waals surface area contributed by atoms with E-state index in [2.05, 4.69) is 0 Å². The Labute approximate surface area is 162 Å². The first-order chi connectivity index (χ1) is 12.2. The van der Waals surface area contributed by atoms with Crippen molar-refractivity contribution < 1.29 is 0 Å². The Morgan fingerprint density at radius 2 is 1.60 bits per heavy atom. The average Bonchev–Trinajstić information content (AvgIpc) is 2.63. The third-order valence-corrected chi connectivity index (χ3v) is 4.94. The van der Waals surface area contributed by atoms with E-state index >= 15 is 0 Å². The van der Waals surface area contributed by atoms with Crippen LogP contribution in [0.1, 0.15) is 5.56 Å². The third kappa shape index (κ3) is 5.23. The molecule has 3 rings (SSSR count). The molecular formula is C21H15Cl2NS. The molecular weight excluding hydrogens is 369 g/mol. The number of nitrogens with zero attached hydrogens (tertiary/aromatic N) is 1. The van der Waals surface area contributed by atoms with Crippen molar-refractivity contribution in [1.29, 1.82) is 0 Å². The molecule has 3 aromatic carbocycles. The van der Waals surface area contributed by atoms with Crippen molar-refractivity contribution in [2.45, 2.75) is 4.90 Å². The summed E-state index contributed by atoms with van der Waals surface area (Å²) in [6, 6.07) is 25.3. The molecule has 0 saturated heterocycles. The van der Waals surface area contributed by atoms with Crippen LogP contribution >= 0.6 is 35.0 Å². The van der Waals surface area contributed by atoms with Crippen molar-refractivity contribution in [3.8, 4) is 0 Å². The predicted octanol–water partition coefficient (Wildman–Crippen LogP) is 7.42. The zero-order valence-electron chi connectivity index (χ0n) is 13.3. The highest BCUT2D eigenvalue weighted by atomic mass is 35.5. The van der Waals surface area contributed by atoms with Gasteiger partial charge in [0.2, 0.25) is 0 Å². The summed E-state index contributed by atoms with van der Waals surface area (Å²) in [5.41, 5.74) is 2.70. The minimum Gasteiger partial charge on any atom is -0.248 e. The van der Waals surface area contributed by atoms with Gasteiger partial charge in [0.15, 0.2) is 0 Å². The van der Waals surface area contributed by atoms with Gasteiger partial charge in [0.1, 0.15) is 0 Å². The van der Waals surface area contributed by atoms with Crippen LogP contribution in [0.2, 0.25) is 10.0 Å². The number of rotatable bonds is 5. The van der Waals surface area contributed by atoms with E-state index in [1.165, 1.54) is 0 Å². The molecule has 0 saturated carbocycles. The molecule has 0 aromatic heterocycles. The molecule has 0 heterocycles. The minimum absolute atomic E-state index is 0.686. The number of hydrogen-bond acceptors (Lipinski definition) is 2. The first-order valence-electron chi connectivity index (χ1n) is 7.70. The molecule has 0 N–H and O–H groups in total. The first kappa shape index (κ1) is 17.8. The van der Waals surface area contributed by atoms with E-state index in [0.717, 1.165) is 26.9 Å². The lowest BCUT2D eigenvalue weighted by molar-refractivity contribution is 1.47. The van der Waals surface area contributed by atoms with E-state index in [1.54, 1.807) is 11.8 Å². The molecule has 0 unspecified atom stereocenters. The van der Waals surface area contributed by atoms with Crippen molar-refractivity contribution >= 4 is 46.4 Å². The summed E-state index contributed by atoms with van der Waals surface area (Å²) in [4.78, 5) is 5.75. The maximum Gasteiger partial charge on any atom is 0.0715 e. The molecule has 124 valence electrons. The van der Waals surface area contributed by atoms with Crippen molar-refractivity contribution in [3.63, 3.8) is 0 Å². The molecule has 0 radical (unpaired) electrons. The Bertz CT molecular complexity index is 905. The zero-order chi connectivity index (χ0) is 17.5. The van der Waals surface area contributed by atoms with Crippen molar-refractivity contribution in [2.75, 3.05) is 0 Å². The summed E-state index contributed by atoms with van der Waals surface area (Å²) in [6.45, 7) is 0. The van der Waals surface area contributed by atoms with Crippen LogP contribution in [0.5, 0.6) is 0 Å². The summed E-state index contributed by atoms with van der Waals surface area (Å²) >= 11 is 13.9. The molecule has 0 bridgehead atoms. The number of para-hydroxylation sites is 1. The fourth-order valence-electron chi connectivity index (χ4n) is 2.20. The lowest BCUT2D eigenvalue weighted by Crippen LogP contribution is -1.95. The van der Waals surface area contributed by atoms with Gasteiger partial charge in [0, 0.05) is 15.5 Å². The Hall–Kier alpha value is -2.00. The highest BCUT2D eigenvalue weighted by Gasteiger charge is 2.03. The number of hydrogen-bond donors (Lipinski definition) is 0. The molecule has 0 aliphatic heterocycles. The maximum absolute atomic E-state index is 6.20. The van der Waals surface area contributed by atoms with Gasteiger partial charge in [-0.2, -0.15) is 0 Å². The number of halogens is 2. The fourth-order valence-corrected chi connectivity index (χ4v) is 3.34. The maximum atomic E-state index is 6.20. The Kier molecular flexibility index (Phi) is 6.35. The van der Waals surface area contributed by atoms with Gasteiger partial charge < -0.3 is 0 Å². The van der Waals surface area contributed by atoms with Crippen LogP contribution < -0.4 is 0 Å². The van der Waals surface area contributed by atoms with Gasteiger partial charge in [-0.15, -0.1) is 0 Å². The number of aliphatic imine (C=N–C) groups is 1. The summed E-state index contributed by atoms with van der Waals surface area (Å²) in [5, 5.41) is 3.41. The van der Waals surface area contributed by atoms with Crippen molar-refractivity contribution in [1.82, 2.24) is 0 Å². The van der Waals surface area contributed by atoms with Crippen LogP contribution in [0, 0.1) is 0 Å². The number of allylic oxidation sites excluding steroid dienone is 1. The molecule has 0 amide bonds. The van der Waals surface area contributed by atoms with Gasteiger partial charge in [0.25, 0.3) is 0 Å². The second-order valence-electron chi connectivity index (χ2n) is 5.19. The molecule has 3 aromatic rings. The second kappa shape index (κ2) is 8.91. The molecule has 0 aliphatic carbocycles. The first-order valence-corrected chi connectivity index (χ1v) is 9.33. The highest BCUT2D eigenvalue weighted by Crippen LogP contribution is 2.27. The van der Waals surface area contributed by atoms with Crippen molar-refractivity contribution in [3.05, 3.63) is 106 Å². The largest absolute Gasteiger partial charge is 0.248 e. The topological polar surface area (TPSA) is 12.4 Å². The molecule has 1 nitrogen and oxygen atoms in total. The molecule has 0 atom stereocenters.